The summed E-state index contributed by atoms with van der Waals surface area (Å²) in [6, 6.07) is 3.95. The molecular formula is C16H25N3O2. The molecule has 5 heteroatoms. The van der Waals surface area contributed by atoms with Gasteiger partial charge in [0.25, 0.3) is 5.91 Å². The van der Waals surface area contributed by atoms with Crippen LogP contribution in [0.2, 0.25) is 0 Å². The van der Waals surface area contributed by atoms with Gasteiger partial charge in [0, 0.05) is 38.1 Å². The molecule has 1 amide bonds. The molecule has 1 N–H and O–H groups in total. The van der Waals surface area contributed by atoms with Crippen LogP contribution < -0.4 is 5.32 Å². The largest absolute Gasteiger partial charge is 0.385 e. The predicted octanol–water partition coefficient (Wildman–Crippen LogP) is 2.40. The fourth-order valence-corrected chi connectivity index (χ4v) is 2.52. The summed E-state index contributed by atoms with van der Waals surface area (Å²) in [6.07, 6.45) is 4.10. The Morgan fingerprint density at radius 1 is 1.57 bits per heavy atom. The van der Waals surface area contributed by atoms with Crippen LogP contribution in [0.25, 0.3) is 0 Å². The van der Waals surface area contributed by atoms with Gasteiger partial charge in [0.2, 0.25) is 0 Å². The van der Waals surface area contributed by atoms with E-state index in [9.17, 15) is 4.79 Å². The van der Waals surface area contributed by atoms with Crippen LogP contribution >= 0.6 is 0 Å². The number of hydrogen-bond acceptors (Lipinski definition) is 4. The second-order valence-corrected chi connectivity index (χ2v) is 5.53. The third kappa shape index (κ3) is 4.17. The van der Waals surface area contributed by atoms with Gasteiger partial charge in [0.05, 0.1) is 6.61 Å². The molecule has 0 radical (unpaired) electrons. The highest BCUT2D eigenvalue weighted by Gasteiger charge is 2.34. The lowest BCUT2D eigenvalue weighted by atomic mass is 10.1. The first-order valence-corrected chi connectivity index (χ1v) is 7.67. The van der Waals surface area contributed by atoms with Crippen LogP contribution in [-0.2, 0) is 4.74 Å². The maximum absolute atomic E-state index is 12.8. The number of ether oxygens (including phenoxy) is 1. The second-order valence-electron chi connectivity index (χ2n) is 5.53. The topological polar surface area (TPSA) is 54.5 Å². The number of amides is 1. The van der Waals surface area contributed by atoms with E-state index >= 15 is 0 Å². The third-order valence-corrected chi connectivity index (χ3v) is 3.95. The molecule has 1 aromatic heterocycles. The van der Waals surface area contributed by atoms with Crippen molar-refractivity contribution in [3.63, 3.8) is 0 Å². The predicted molar refractivity (Wildman–Crippen MR) is 83.5 cm³/mol. The summed E-state index contributed by atoms with van der Waals surface area (Å²) in [5.74, 6) is 0.619. The number of hydrogen-bond donors (Lipinski definition) is 1. The average Bonchev–Trinajstić information content (AvgIpc) is 3.32. The van der Waals surface area contributed by atoms with Crippen LogP contribution in [0.15, 0.2) is 18.3 Å². The molecule has 0 spiro atoms. The first kappa shape index (κ1) is 15.8. The highest BCUT2D eigenvalue weighted by Crippen LogP contribution is 2.35. The molecule has 1 unspecified atom stereocenters. The van der Waals surface area contributed by atoms with Crippen LogP contribution in [0.1, 0.15) is 37.2 Å². The Morgan fingerprint density at radius 3 is 2.95 bits per heavy atom. The Hall–Kier alpha value is -1.62. The number of carbonyl (C=O) groups is 1. The van der Waals surface area contributed by atoms with E-state index in [1.54, 1.807) is 13.3 Å². The number of nitrogens with one attached hydrogen (secondary N) is 1. The lowest BCUT2D eigenvalue weighted by Crippen LogP contribution is -2.42. The molecule has 0 saturated heterocycles. The zero-order valence-corrected chi connectivity index (χ0v) is 13.1. The summed E-state index contributed by atoms with van der Waals surface area (Å²) in [5.41, 5.74) is 1.43. The van der Waals surface area contributed by atoms with Crippen molar-refractivity contribution in [1.82, 2.24) is 9.88 Å². The first-order valence-electron chi connectivity index (χ1n) is 7.67. The number of rotatable bonds is 8. The van der Waals surface area contributed by atoms with E-state index in [4.69, 9.17) is 4.74 Å². The van der Waals surface area contributed by atoms with E-state index < -0.39 is 0 Å². The van der Waals surface area contributed by atoms with Gasteiger partial charge < -0.3 is 15.0 Å². The van der Waals surface area contributed by atoms with E-state index in [1.807, 2.05) is 24.0 Å². The Kier molecular flexibility index (Phi) is 5.56. The van der Waals surface area contributed by atoms with Gasteiger partial charge in [-0.1, -0.05) is 0 Å². The number of carbonyl (C=O) groups excluding carboxylic acids is 1. The van der Waals surface area contributed by atoms with Gasteiger partial charge in [-0.05, 0) is 44.7 Å². The fraction of sp³-hybridized carbons (Fsp3) is 0.625. The zero-order valence-electron chi connectivity index (χ0n) is 13.1. The number of aromatic nitrogens is 1. The van der Waals surface area contributed by atoms with Crippen molar-refractivity contribution in [2.45, 2.75) is 32.7 Å². The summed E-state index contributed by atoms with van der Waals surface area (Å²) in [4.78, 5) is 18.9. The molecule has 1 saturated carbocycles. The highest BCUT2D eigenvalue weighted by molar-refractivity contribution is 5.93. The lowest BCUT2D eigenvalue weighted by Gasteiger charge is -2.29. The summed E-state index contributed by atoms with van der Waals surface area (Å²) < 4.78 is 5.14. The van der Waals surface area contributed by atoms with E-state index in [-0.39, 0.29) is 11.9 Å². The Bertz CT molecular complexity index is 474. The van der Waals surface area contributed by atoms with Crippen molar-refractivity contribution in [2.24, 2.45) is 5.92 Å². The van der Waals surface area contributed by atoms with Crippen LogP contribution in [0.5, 0.6) is 0 Å². The molecule has 1 aliphatic carbocycles. The molecule has 0 bridgehead atoms. The van der Waals surface area contributed by atoms with Crippen molar-refractivity contribution >= 4 is 11.6 Å². The zero-order chi connectivity index (χ0) is 15.2. The summed E-state index contributed by atoms with van der Waals surface area (Å²) >= 11 is 0. The molecule has 1 aliphatic rings. The third-order valence-electron chi connectivity index (χ3n) is 3.95. The molecular weight excluding hydrogens is 266 g/mol. The molecule has 0 aliphatic heterocycles. The quantitative estimate of drug-likeness (QED) is 0.799. The SMILES string of the molecule is CCNc1ccnc(C(=O)N(CCOC)C(C)C2CC2)c1. The average molecular weight is 291 g/mol. The summed E-state index contributed by atoms with van der Waals surface area (Å²) in [5, 5.41) is 3.21. The van der Waals surface area contributed by atoms with Gasteiger partial charge in [0.15, 0.2) is 0 Å². The minimum Gasteiger partial charge on any atom is -0.385 e. The summed E-state index contributed by atoms with van der Waals surface area (Å²) in [7, 11) is 1.66. The molecule has 1 heterocycles. The van der Waals surface area contributed by atoms with Gasteiger partial charge in [-0.2, -0.15) is 0 Å². The van der Waals surface area contributed by atoms with Gasteiger partial charge in [-0.15, -0.1) is 0 Å². The molecule has 1 fully saturated rings. The Morgan fingerprint density at radius 2 is 2.33 bits per heavy atom. The molecule has 116 valence electrons. The van der Waals surface area contributed by atoms with Gasteiger partial charge in [-0.3, -0.25) is 9.78 Å². The lowest BCUT2D eigenvalue weighted by molar-refractivity contribution is 0.0589. The fourth-order valence-electron chi connectivity index (χ4n) is 2.52. The van der Waals surface area contributed by atoms with Gasteiger partial charge in [-0.25, -0.2) is 0 Å². The minimum atomic E-state index is -0.00815. The summed E-state index contributed by atoms with van der Waals surface area (Å²) in [6.45, 7) is 6.14. The Labute approximate surface area is 126 Å². The minimum absolute atomic E-state index is 0.00815. The molecule has 1 aromatic rings. The Balaban J connectivity index is 2.13. The van der Waals surface area contributed by atoms with Gasteiger partial charge in [0.1, 0.15) is 5.69 Å². The maximum Gasteiger partial charge on any atom is 0.272 e. The standard InChI is InChI=1S/C16H25N3O2/c1-4-17-14-7-8-18-15(11-14)16(20)19(9-10-21-3)12(2)13-5-6-13/h7-8,11-13H,4-6,9-10H2,1-3H3,(H,17,18). The van der Waals surface area contributed by atoms with E-state index in [2.05, 4.69) is 17.2 Å². The van der Waals surface area contributed by atoms with E-state index in [1.165, 1.54) is 12.8 Å². The van der Waals surface area contributed by atoms with Crippen LogP contribution in [-0.4, -0.2) is 48.6 Å². The number of anilines is 1. The number of nitrogens with zero attached hydrogens (tertiary/aromatic N) is 2. The van der Waals surface area contributed by atoms with E-state index in [0.717, 1.165) is 12.2 Å². The number of methoxy groups -OCH3 is 1. The van der Waals surface area contributed by atoms with Crippen molar-refractivity contribution in [1.29, 1.82) is 0 Å². The molecule has 1 atom stereocenters. The molecule has 5 nitrogen and oxygen atoms in total. The van der Waals surface area contributed by atoms with Crippen LogP contribution in [0.3, 0.4) is 0 Å². The molecule has 21 heavy (non-hydrogen) atoms. The first-order chi connectivity index (χ1) is 10.2. The van der Waals surface area contributed by atoms with E-state index in [0.29, 0.717) is 24.8 Å². The smallest absolute Gasteiger partial charge is 0.272 e. The van der Waals surface area contributed by atoms with Crippen molar-refractivity contribution in [3.8, 4) is 0 Å². The number of pyridine rings is 1. The van der Waals surface area contributed by atoms with Gasteiger partial charge >= 0.3 is 0 Å². The highest BCUT2D eigenvalue weighted by atomic mass is 16.5. The van der Waals surface area contributed by atoms with Crippen molar-refractivity contribution < 1.29 is 9.53 Å². The maximum atomic E-state index is 12.8. The van der Waals surface area contributed by atoms with Crippen LogP contribution in [0, 0.1) is 5.92 Å². The molecule has 2 rings (SSSR count). The molecule has 0 aromatic carbocycles. The second kappa shape index (κ2) is 7.41. The van der Waals surface area contributed by atoms with Crippen molar-refractivity contribution in [3.05, 3.63) is 24.0 Å². The van der Waals surface area contributed by atoms with Crippen molar-refractivity contribution in [2.75, 3.05) is 32.1 Å². The van der Waals surface area contributed by atoms with Crippen LogP contribution in [0.4, 0.5) is 5.69 Å². The normalized spacial score (nSPS) is 15.6. The monoisotopic (exact) mass is 291 g/mol.